The van der Waals surface area contributed by atoms with Crippen molar-refractivity contribution < 1.29 is 4.79 Å². The molecule has 0 bridgehead atoms. The summed E-state index contributed by atoms with van der Waals surface area (Å²) in [5.41, 5.74) is 0.878. The van der Waals surface area contributed by atoms with E-state index in [4.69, 9.17) is 0 Å². The lowest BCUT2D eigenvalue weighted by Gasteiger charge is -2.00. The Morgan fingerprint density at radius 3 is 2.89 bits per heavy atom. The Balaban J connectivity index is 1.95. The monoisotopic (exact) mass is 262 g/mol. The average molecular weight is 262 g/mol. The summed E-state index contributed by atoms with van der Waals surface area (Å²) in [4.78, 5) is 15.7. The van der Waals surface area contributed by atoms with Crippen LogP contribution in [0.5, 0.6) is 0 Å². The molecular formula is C12H14N4OS. The topological polar surface area (TPSA) is 67.8 Å². The Morgan fingerprint density at radius 1 is 1.44 bits per heavy atom. The van der Waals surface area contributed by atoms with Crippen molar-refractivity contribution in [3.8, 4) is 0 Å². The molecule has 0 aliphatic carbocycles. The third-order valence-corrected chi connectivity index (χ3v) is 3.41. The summed E-state index contributed by atoms with van der Waals surface area (Å²) in [7, 11) is 0. The molecule has 0 unspecified atom stereocenters. The number of anilines is 1. The molecule has 0 fully saturated rings. The molecule has 1 amide bonds. The fraction of sp³-hybridized carbons (Fsp3) is 0.333. The lowest BCUT2D eigenvalue weighted by atomic mass is 10.2. The minimum absolute atomic E-state index is 0.102. The summed E-state index contributed by atoms with van der Waals surface area (Å²) in [6, 6.07) is 3.68. The minimum atomic E-state index is -0.102. The van der Waals surface area contributed by atoms with E-state index < -0.39 is 0 Å². The highest BCUT2D eigenvalue weighted by atomic mass is 32.1. The summed E-state index contributed by atoms with van der Waals surface area (Å²) < 4.78 is 0. The van der Waals surface area contributed by atoms with E-state index in [-0.39, 0.29) is 5.91 Å². The first-order valence-corrected chi connectivity index (χ1v) is 6.49. The number of rotatable bonds is 4. The summed E-state index contributed by atoms with van der Waals surface area (Å²) in [6.07, 6.45) is 3.66. The van der Waals surface area contributed by atoms with E-state index in [1.165, 1.54) is 11.3 Å². The van der Waals surface area contributed by atoms with Crippen molar-refractivity contribution >= 4 is 22.4 Å². The van der Waals surface area contributed by atoms with Crippen molar-refractivity contribution in [1.29, 1.82) is 0 Å². The zero-order valence-corrected chi connectivity index (χ0v) is 11.1. The molecule has 0 aromatic carbocycles. The number of carbonyl (C=O) groups is 1. The second kappa shape index (κ2) is 5.68. The molecule has 2 aromatic rings. The zero-order chi connectivity index (χ0) is 13.0. The van der Waals surface area contributed by atoms with Crippen LogP contribution in [0.15, 0.2) is 24.5 Å². The van der Waals surface area contributed by atoms with Crippen LogP contribution in [-0.4, -0.2) is 21.1 Å². The highest BCUT2D eigenvalue weighted by Crippen LogP contribution is 2.22. The molecule has 0 spiro atoms. The Labute approximate surface area is 109 Å². The fourth-order valence-electron chi connectivity index (χ4n) is 1.37. The average Bonchev–Trinajstić information content (AvgIpc) is 2.78. The molecule has 1 N–H and O–H groups in total. The van der Waals surface area contributed by atoms with Crippen LogP contribution < -0.4 is 5.32 Å². The van der Waals surface area contributed by atoms with E-state index in [0.717, 1.165) is 10.6 Å². The maximum Gasteiger partial charge on any atom is 0.230 e. The summed E-state index contributed by atoms with van der Waals surface area (Å²) >= 11 is 1.41. The van der Waals surface area contributed by atoms with Crippen LogP contribution in [-0.2, 0) is 11.2 Å². The number of hydrogen-bond acceptors (Lipinski definition) is 5. The number of carbonyl (C=O) groups excluding carboxylic acids is 1. The Morgan fingerprint density at radius 2 is 2.28 bits per heavy atom. The molecule has 2 rings (SSSR count). The summed E-state index contributed by atoms with van der Waals surface area (Å²) in [5.74, 6) is 0.223. The van der Waals surface area contributed by atoms with Crippen LogP contribution in [0.3, 0.4) is 0 Å². The van der Waals surface area contributed by atoms with Gasteiger partial charge in [-0.25, -0.2) is 0 Å². The fourth-order valence-corrected chi connectivity index (χ4v) is 2.13. The van der Waals surface area contributed by atoms with Gasteiger partial charge >= 0.3 is 0 Å². The molecule has 0 aliphatic heterocycles. The van der Waals surface area contributed by atoms with Gasteiger partial charge in [-0.05, 0) is 11.6 Å². The molecule has 18 heavy (non-hydrogen) atoms. The molecular weight excluding hydrogens is 248 g/mol. The lowest BCUT2D eigenvalue weighted by Crippen LogP contribution is -2.14. The Bertz CT molecular complexity index is 524. The van der Waals surface area contributed by atoms with Gasteiger partial charge < -0.3 is 5.32 Å². The van der Waals surface area contributed by atoms with Crippen molar-refractivity contribution in [2.24, 2.45) is 0 Å². The molecule has 0 radical (unpaired) electrons. The lowest BCUT2D eigenvalue weighted by molar-refractivity contribution is -0.115. The van der Waals surface area contributed by atoms with Gasteiger partial charge in [0.1, 0.15) is 5.01 Å². The van der Waals surface area contributed by atoms with Crippen molar-refractivity contribution in [3.05, 3.63) is 35.1 Å². The molecule has 6 heteroatoms. The normalized spacial score (nSPS) is 10.6. The van der Waals surface area contributed by atoms with E-state index in [1.807, 2.05) is 26.0 Å². The maximum absolute atomic E-state index is 11.8. The van der Waals surface area contributed by atoms with Gasteiger partial charge in [0, 0.05) is 18.3 Å². The van der Waals surface area contributed by atoms with Crippen molar-refractivity contribution in [3.63, 3.8) is 0 Å². The minimum Gasteiger partial charge on any atom is -0.300 e. The first-order chi connectivity index (χ1) is 8.65. The summed E-state index contributed by atoms with van der Waals surface area (Å²) in [6.45, 7) is 4.09. The van der Waals surface area contributed by atoms with Gasteiger partial charge in [0.2, 0.25) is 11.0 Å². The quantitative estimate of drug-likeness (QED) is 0.917. The SMILES string of the molecule is CC(C)c1nnc(NC(=O)Cc2cccnc2)s1. The van der Waals surface area contributed by atoms with Crippen LogP contribution in [0.2, 0.25) is 0 Å². The number of nitrogens with one attached hydrogen (secondary N) is 1. The van der Waals surface area contributed by atoms with E-state index >= 15 is 0 Å². The standard InChI is InChI=1S/C12H14N4OS/c1-8(2)11-15-16-12(18-11)14-10(17)6-9-4-3-5-13-7-9/h3-5,7-8H,6H2,1-2H3,(H,14,16,17). The van der Waals surface area contributed by atoms with Gasteiger partial charge in [-0.1, -0.05) is 31.3 Å². The van der Waals surface area contributed by atoms with Crippen LogP contribution in [0.25, 0.3) is 0 Å². The van der Waals surface area contributed by atoms with E-state index in [9.17, 15) is 4.79 Å². The van der Waals surface area contributed by atoms with Crippen molar-refractivity contribution in [2.45, 2.75) is 26.2 Å². The number of hydrogen-bond donors (Lipinski definition) is 1. The first-order valence-electron chi connectivity index (χ1n) is 5.67. The highest BCUT2D eigenvalue weighted by molar-refractivity contribution is 7.15. The largest absolute Gasteiger partial charge is 0.300 e. The highest BCUT2D eigenvalue weighted by Gasteiger charge is 2.10. The second-order valence-electron chi connectivity index (χ2n) is 4.19. The van der Waals surface area contributed by atoms with Gasteiger partial charge in [-0.2, -0.15) is 0 Å². The third kappa shape index (κ3) is 3.33. The predicted octanol–water partition coefficient (Wildman–Crippen LogP) is 2.24. The van der Waals surface area contributed by atoms with E-state index in [0.29, 0.717) is 17.5 Å². The van der Waals surface area contributed by atoms with Gasteiger partial charge in [-0.3, -0.25) is 9.78 Å². The van der Waals surface area contributed by atoms with E-state index in [2.05, 4.69) is 20.5 Å². The first kappa shape index (κ1) is 12.6. The Kier molecular flexibility index (Phi) is 3.99. The van der Waals surface area contributed by atoms with Gasteiger partial charge in [-0.15, -0.1) is 10.2 Å². The van der Waals surface area contributed by atoms with Crippen LogP contribution in [0, 0.1) is 0 Å². The molecule has 5 nitrogen and oxygen atoms in total. The van der Waals surface area contributed by atoms with Gasteiger partial charge in [0.25, 0.3) is 0 Å². The van der Waals surface area contributed by atoms with Crippen LogP contribution in [0.4, 0.5) is 5.13 Å². The number of pyridine rings is 1. The molecule has 0 atom stereocenters. The van der Waals surface area contributed by atoms with Gasteiger partial charge in [0.15, 0.2) is 0 Å². The number of aromatic nitrogens is 3. The molecule has 2 aromatic heterocycles. The van der Waals surface area contributed by atoms with Gasteiger partial charge in [0.05, 0.1) is 6.42 Å². The Hall–Kier alpha value is -1.82. The smallest absolute Gasteiger partial charge is 0.230 e. The predicted molar refractivity (Wildman–Crippen MR) is 70.6 cm³/mol. The molecule has 0 saturated heterocycles. The zero-order valence-electron chi connectivity index (χ0n) is 10.3. The third-order valence-electron chi connectivity index (χ3n) is 2.27. The van der Waals surface area contributed by atoms with Crippen molar-refractivity contribution in [1.82, 2.24) is 15.2 Å². The molecule has 94 valence electrons. The molecule has 2 heterocycles. The number of nitrogens with zero attached hydrogens (tertiary/aromatic N) is 3. The molecule has 0 aliphatic rings. The van der Waals surface area contributed by atoms with Crippen molar-refractivity contribution in [2.75, 3.05) is 5.32 Å². The summed E-state index contributed by atoms with van der Waals surface area (Å²) in [5, 5.41) is 12.2. The molecule has 0 saturated carbocycles. The maximum atomic E-state index is 11.8. The second-order valence-corrected chi connectivity index (χ2v) is 5.20. The van der Waals surface area contributed by atoms with Crippen LogP contribution in [0.1, 0.15) is 30.3 Å². The van der Waals surface area contributed by atoms with E-state index in [1.54, 1.807) is 12.4 Å². The van der Waals surface area contributed by atoms with Crippen LogP contribution >= 0.6 is 11.3 Å². The number of amides is 1.